The van der Waals surface area contributed by atoms with Gasteiger partial charge in [0.2, 0.25) is 5.91 Å². The predicted molar refractivity (Wildman–Crippen MR) is 89.5 cm³/mol. The van der Waals surface area contributed by atoms with Crippen LogP contribution in [0.1, 0.15) is 12.5 Å². The summed E-state index contributed by atoms with van der Waals surface area (Å²) in [5.74, 6) is 1.25. The van der Waals surface area contributed by atoms with E-state index in [4.69, 9.17) is 16.3 Å². The molecule has 0 fully saturated rings. The van der Waals surface area contributed by atoms with E-state index in [1.807, 2.05) is 13.0 Å². The minimum Gasteiger partial charge on any atom is -0.496 e. The molecule has 0 bridgehead atoms. The number of aliphatic imine (C=N–C) groups is 1. The summed E-state index contributed by atoms with van der Waals surface area (Å²) in [7, 11) is 5.03. The van der Waals surface area contributed by atoms with Crippen molar-refractivity contribution in [2.75, 3.05) is 34.3 Å². The second kappa shape index (κ2) is 9.15. The summed E-state index contributed by atoms with van der Waals surface area (Å²) in [5, 5.41) is 6.72. The smallest absolute Gasteiger partial charge is 0.241 e. The summed E-state index contributed by atoms with van der Waals surface area (Å²) in [6, 6.07) is 5.42. The summed E-state index contributed by atoms with van der Waals surface area (Å²) < 4.78 is 5.29. The van der Waals surface area contributed by atoms with Crippen molar-refractivity contribution in [1.82, 2.24) is 15.5 Å². The lowest BCUT2D eigenvalue weighted by Gasteiger charge is -2.14. The zero-order valence-corrected chi connectivity index (χ0v) is 14.2. The quantitative estimate of drug-likeness (QED) is 0.614. The number of nitrogens with one attached hydrogen (secondary N) is 2. The Morgan fingerprint density at radius 2 is 2.09 bits per heavy atom. The number of likely N-dealkylation sites (N-methyl/N-ethyl adjacent to an activating group) is 1. The van der Waals surface area contributed by atoms with Crippen molar-refractivity contribution in [1.29, 1.82) is 0 Å². The average molecular weight is 327 g/mol. The van der Waals surface area contributed by atoms with Crippen LogP contribution in [-0.4, -0.2) is 51.1 Å². The van der Waals surface area contributed by atoms with E-state index in [0.29, 0.717) is 29.8 Å². The van der Waals surface area contributed by atoms with Crippen LogP contribution in [0.15, 0.2) is 23.2 Å². The third-order valence-corrected chi connectivity index (χ3v) is 3.14. The van der Waals surface area contributed by atoms with E-state index in [-0.39, 0.29) is 12.5 Å². The van der Waals surface area contributed by atoms with E-state index in [0.717, 1.165) is 5.56 Å². The Labute approximate surface area is 136 Å². The number of carbonyl (C=O) groups excluding carboxylic acids is 1. The molecule has 1 rings (SSSR count). The molecule has 0 aliphatic heterocycles. The molecule has 1 aromatic carbocycles. The molecule has 0 saturated carbocycles. The van der Waals surface area contributed by atoms with Gasteiger partial charge in [0, 0.05) is 31.2 Å². The van der Waals surface area contributed by atoms with Gasteiger partial charge in [0.1, 0.15) is 5.75 Å². The fourth-order valence-electron chi connectivity index (χ4n) is 1.67. The van der Waals surface area contributed by atoms with Crippen LogP contribution in [0, 0.1) is 0 Å². The first-order chi connectivity index (χ1) is 10.5. The van der Waals surface area contributed by atoms with Gasteiger partial charge in [0.25, 0.3) is 0 Å². The Morgan fingerprint density at radius 3 is 2.68 bits per heavy atom. The van der Waals surface area contributed by atoms with E-state index < -0.39 is 0 Å². The number of guanidine groups is 1. The Hall–Kier alpha value is -1.95. The molecule has 7 heteroatoms. The zero-order chi connectivity index (χ0) is 16.5. The predicted octanol–water partition coefficient (Wildman–Crippen LogP) is 1.49. The van der Waals surface area contributed by atoms with Crippen molar-refractivity contribution < 1.29 is 9.53 Å². The van der Waals surface area contributed by atoms with Gasteiger partial charge in [0.05, 0.1) is 20.2 Å². The maximum atomic E-state index is 11.6. The van der Waals surface area contributed by atoms with Gasteiger partial charge in [-0.05, 0) is 19.1 Å². The highest BCUT2D eigenvalue weighted by Crippen LogP contribution is 2.23. The number of amides is 1. The molecule has 1 amide bonds. The molecule has 0 aliphatic carbocycles. The molecule has 0 saturated heterocycles. The summed E-state index contributed by atoms with van der Waals surface area (Å²) in [4.78, 5) is 17.6. The normalized spacial score (nSPS) is 11.0. The Kier molecular flexibility index (Phi) is 7.52. The summed E-state index contributed by atoms with van der Waals surface area (Å²) in [6.07, 6.45) is 0. The van der Waals surface area contributed by atoms with Crippen LogP contribution in [0.5, 0.6) is 5.75 Å². The topological polar surface area (TPSA) is 66.0 Å². The molecule has 1 aromatic rings. The SMILES string of the molecule is CCNC(=NCc1ccc(Cl)cc1OC)NCC(=O)N(C)C. The summed E-state index contributed by atoms with van der Waals surface area (Å²) >= 11 is 5.94. The first-order valence-electron chi connectivity index (χ1n) is 7.02. The first-order valence-corrected chi connectivity index (χ1v) is 7.40. The molecule has 0 radical (unpaired) electrons. The van der Waals surface area contributed by atoms with Crippen LogP contribution in [0.3, 0.4) is 0 Å². The molecular formula is C15H23ClN4O2. The minimum atomic E-state index is -0.0188. The number of hydrogen-bond acceptors (Lipinski definition) is 3. The molecule has 22 heavy (non-hydrogen) atoms. The van der Waals surface area contributed by atoms with Crippen molar-refractivity contribution in [3.8, 4) is 5.75 Å². The van der Waals surface area contributed by atoms with Gasteiger partial charge in [-0.1, -0.05) is 17.7 Å². The highest BCUT2D eigenvalue weighted by Gasteiger charge is 2.07. The second-order valence-electron chi connectivity index (χ2n) is 4.79. The van der Waals surface area contributed by atoms with Crippen molar-refractivity contribution >= 4 is 23.5 Å². The fourth-order valence-corrected chi connectivity index (χ4v) is 1.83. The largest absolute Gasteiger partial charge is 0.496 e. The van der Waals surface area contributed by atoms with Gasteiger partial charge in [0.15, 0.2) is 5.96 Å². The number of methoxy groups -OCH3 is 1. The highest BCUT2D eigenvalue weighted by molar-refractivity contribution is 6.30. The maximum absolute atomic E-state index is 11.6. The van der Waals surface area contributed by atoms with Crippen LogP contribution >= 0.6 is 11.6 Å². The third kappa shape index (κ3) is 5.81. The van der Waals surface area contributed by atoms with Crippen molar-refractivity contribution in [2.45, 2.75) is 13.5 Å². The zero-order valence-electron chi connectivity index (χ0n) is 13.4. The number of carbonyl (C=O) groups is 1. The maximum Gasteiger partial charge on any atom is 0.241 e. The lowest BCUT2D eigenvalue weighted by Crippen LogP contribution is -2.42. The van der Waals surface area contributed by atoms with E-state index in [9.17, 15) is 4.79 Å². The molecule has 0 heterocycles. The average Bonchev–Trinajstić information content (AvgIpc) is 2.50. The van der Waals surface area contributed by atoms with Crippen molar-refractivity contribution in [3.63, 3.8) is 0 Å². The molecule has 0 spiro atoms. The number of halogens is 1. The molecule has 6 nitrogen and oxygen atoms in total. The summed E-state index contributed by atoms with van der Waals surface area (Å²) in [6.45, 7) is 3.29. The number of benzene rings is 1. The summed E-state index contributed by atoms with van der Waals surface area (Å²) in [5.41, 5.74) is 0.919. The van der Waals surface area contributed by atoms with Crippen LogP contribution in [-0.2, 0) is 11.3 Å². The van der Waals surface area contributed by atoms with E-state index in [1.54, 1.807) is 33.3 Å². The molecular weight excluding hydrogens is 304 g/mol. The molecule has 0 unspecified atom stereocenters. The highest BCUT2D eigenvalue weighted by atomic mass is 35.5. The monoisotopic (exact) mass is 326 g/mol. The molecule has 0 atom stereocenters. The Bertz CT molecular complexity index is 532. The van der Waals surface area contributed by atoms with E-state index in [2.05, 4.69) is 15.6 Å². The van der Waals surface area contributed by atoms with Crippen LogP contribution < -0.4 is 15.4 Å². The Morgan fingerprint density at radius 1 is 1.36 bits per heavy atom. The van der Waals surface area contributed by atoms with Gasteiger partial charge in [-0.3, -0.25) is 4.79 Å². The van der Waals surface area contributed by atoms with Gasteiger partial charge < -0.3 is 20.3 Å². The fraction of sp³-hybridized carbons (Fsp3) is 0.467. The molecule has 2 N–H and O–H groups in total. The third-order valence-electron chi connectivity index (χ3n) is 2.91. The van der Waals surface area contributed by atoms with Crippen molar-refractivity contribution in [3.05, 3.63) is 28.8 Å². The van der Waals surface area contributed by atoms with Gasteiger partial charge in [-0.2, -0.15) is 0 Å². The molecule has 0 aliphatic rings. The van der Waals surface area contributed by atoms with E-state index >= 15 is 0 Å². The van der Waals surface area contributed by atoms with Gasteiger partial charge >= 0.3 is 0 Å². The van der Waals surface area contributed by atoms with Gasteiger partial charge in [-0.25, -0.2) is 4.99 Å². The number of rotatable bonds is 6. The lowest BCUT2D eigenvalue weighted by atomic mass is 10.2. The van der Waals surface area contributed by atoms with Crippen LogP contribution in [0.4, 0.5) is 0 Å². The van der Waals surface area contributed by atoms with Crippen LogP contribution in [0.2, 0.25) is 5.02 Å². The molecule has 0 aromatic heterocycles. The number of nitrogens with zero attached hydrogens (tertiary/aromatic N) is 2. The van der Waals surface area contributed by atoms with Crippen molar-refractivity contribution in [2.24, 2.45) is 4.99 Å². The van der Waals surface area contributed by atoms with Gasteiger partial charge in [-0.15, -0.1) is 0 Å². The molecule has 122 valence electrons. The first kappa shape index (κ1) is 18.1. The number of ether oxygens (including phenoxy) is 1. The lowest BCUT2D eigenvalue weighted by molar-refractivity contribution is -0.127. The second-order valence-corrected chi connectivity index (χ2v) is 5.23. The number of hydrogen-bond donors (Lipinski definition) is 2. The Balaban J connectivity index is 2.75. The van der Waals surface area contributed by atoms with E-state index in [1.165, 1.54) is 4.90 Å². The van der Waals surface area contributed by atoms with Crippen LogP contribution in [0.25, 0.3) is 0 Å². The standard InChI is InChI=1S/C15H23ClN4O2/c1-5-17-15(19-10-14(21)20(2)3)18-9-11-6-7-12(16)8-13(11)22-4/h6-8H,5,9-10H2,1-4H3,(H2,17,18,19). The minimum absolute atomic E-state index is 0.0188.